The molecule has 14 heavy (non-hydrogen) atoms. The molecule has 1 aromatic rings. The maximum Gasteiger partial charge on any atom is 0.0852 e. The fourth-order valence-corrected chi connectivity index (χ4v) is 1.67. The molecule has 0 aliphatic rings. The number of aliphatic hydroxyl groups excluding tert-OH is 1. The van der Waals surface area contributed by atoms with E-state index in [1.807, 2.05) is 38.1 Å². The minimum absolute atomic E-state index is 0.0873. The minimum atomic E-state index is -0.468. The van der Waals surface area contributed by atoms with Gasteiger partial charge in [0, 0.05) is 10.4 Å². The van der Waals surface area contributed by atoms with Crippen LogP contribution in [0.5, 0.6) is 0 Å². The van der Waals surface area contributed by atoms with E-state index in [1.54, 1.807) is 0 Å². The number of hydrogen-bond acceptors (Lipinski definition) is 1. The van der Waals surface area contributed by atoms with Crippen molar-refractivity contribution in [2.75, 3.05) is 0 Å². The predicted molar refractivity (Wildman–Crippen MR) is 63.1 cm³/mol. The van der Waals surface area contributed by atoms with E-state index in [4.69, 9.17) is 0 Å². The van der Waals surface area contributed by atoms with Crippen LogP contribution in [-0.4, -0.2) is 5.11 Å². The van der Waals surface area contributed by atoms with Crippen molar-refractivity contribution in [3.63, 3.8) is 0 Å². The normalized spacial score (nSPS) is 14.9. The van der Waals surface area contributed by atoms with E-state index in [1.165, 1.54) is 0 Å². The molecule has 1 nitrogen and oxygen atoms in total. The van der Waals surface area contributed by atoms with Crippen molar-refractivity contribution < 1.29 is 5.11 Å². The summed E-state index contributed by atoms with van der Waals surface area (Å²) >= 11 is 3.38. The summed E-state index contributed by atoms with van der Waals surface area (Å²) in [7, 11) is 0. The van der Waals surface area contributed by atoms with Gasteiger partial charge in [0.2, 0.25) is 0 Å². The van der Waals surface area contributed by atoms with Crippen LogP contribution in [0.2, 0.25) is 0 Å². The smallest absolute Gasteiger partial charge is 0.0852 e. The predicted octanol–water partition coefficient (Wildman–Crippen LogP) is 3.69. The zero-order valence-electron chi connectivity index (χ0n) is 8.50. The van der Waals surface area contributed by atoms with Crippen molar-refractivity contribution in [2.24, 2.45) is 5.92 Å². The topological polar surface area (TPSA) is 20.2 Å². The Morgan fingerprint density at radius 2 is 2.14 bits per heavy atom. The number of aliphatic hydroxyl groups is 1. The SMILES string of the molecule is C=C(C)[C@H](C)[C@@H](O)c1cccc(Br)c1. The highest BCUT2D eigenvalue weighted by atomic mass is 79.9. The van der Waals surface area contributed by atoms with E-state index < -0.39 is 6.10 Å². The first kappa shape index (κ1) is 11.5. The van der Waals surface area contributed by atoms with Crippen molar-refractivity contribution in [3.8, 4) is 0 Å². The van der Waals surface area contributed by atoms with Crippen LogP contribution in [0.3, 0.4) is 0 Å². The maximum atomic E-state index is 10.0. The van der Waals surface area contributed by atoms with E-state index in [0.717, 1.165) is 15.6 Å². The molecule has 1 aromatic carbocycles. The molecule has 0 amide bonds. The third-order valence-electron chi connectivity index (χ3n) is 2.44. The summed E-state index contributed by atoms with van der Waals surface area (Å²) in [5, 5.41) is 10.0. The van der Waals surface area contributed by atoms with Gasteiger partial charge in [0.15, 0.2) is 0 Å². The van der Waals surface area contributed by atoms with Crippen LogP contribution >= 0.6 is 15.9 Å². The molecule has 2 atom stereocenters. The lowest BCUT2D eigenvalue weighted by Gasteiger charge is -2.19. The second-order valence-electron chi connectivity index (χ2n) is 3.63. The highest BCUT2D eigenvalue weighted by molar-refractivity contribution is 9.10. The minimum Gasteiger partial charge on any atom is -0.388 e. The van der Waals surface area contributed by atoms with Gasteiger partial charge in [-0.3, -0.25) is 0 Å². The molecule has 0 heterocycles. The Bertz CT molecular complexity index is 333. The van der Waals surface area contributed by atoms with Crippen molar-refractivity contribution in [2.45, 2.75) is 20.0 Å². The first-order valence-electron chi connectivity index (χ1n) is 4.61. The van der Waals surface area contributed by atoms with Crippen molar-refractivity contribution in [3.05, 3.63) is 46.5 Å². The highest BCUT2D eigenvalue weighted by Gasteiger charge is 2.16. The van der Waals surface area contributed by atoms with E-state index in [0.29, 0.717) is 0 Å². The van der Waals surface area contributed by atoms with E-state index >= 15 is 0 Å². The van der Waals surface area contributed by atoms with Crippen LogP contribution in [0.1, 0.15) is 25.5 Å². The van der Waals surface area contributed by atoms with Gasteiger partial charge in [-0.25, -0.2) is 0 Å². The van der Waals surface area contributed by atoms with E-state index in [9.17, 15) is 5.11 Å². The summed E-state index contributed by atoms with van der Waals surface area (Å²) < 4.78 is 0.989. The van der Waals surface area contributed by atoms with Gasteiger partial charge in [0.1, 0.15) is 0 Å². The molecule has 0 radical (unpaired) electrons. The molecule has 2 heteroatoms. The summed E-state index contributed by atoms with van der Waals surface area (Å²) in [6.07, 6.45) is -0.468. The molecule has 1 rings (SSSR count). The number of rotatable bonds is 3. The van der Waals surface area contributed by atoms with Crippen LogP contribution in [0, 0.1) is 5.92 Å². The van der Waals surface area contributed by atoms with Gasteiger partial charge >= 0.3 is 0 Å². The Labute approximate surface area is 93.6 Å². The second-order valence-corrected chi connectivity index (χ2v) is 4.55. The summed E-state index contributed by atoms with van der Waals surface area (Å²) in [6.45, 7) is 7.77. The fraction of sp³-hybridized carbons (Fsp3) is 0.333. The number of halogens is 1. The fourth-order valence-electron chi connectivity index (χ4n) is 1.25. The van der Waals surface area contributed by atoms with Gasteiger partial charge in [-0.05, 0) is 24.6 Å². The lowest BCUT2D eigenvalue weighted by atomic mass is 9.92. The molecule has 0 saturated heterocycles. The quantitative estimate of drug-likeness (QED) is 0.816. The Morgan fingerprint density at radius 3 is 2.64 bits per heavy atom. The lowest BCUT2D eigenvalue weighted by molar-refractivity contribution is 0.134. The number of hydrogen-bond donors (Lipinski definition) is 1. The van der Waals surface area contributed by atoms with Gasteiger partial charge in [-0.15, -0.1) is 0 Å². The molecule has 0 aromatic heterocycles. The van der Waals surface area contributed by atoms with Gasteiger partial charge in [0.25, 0.3) is 0 Å². The Kier molecular flexibility index (Phi) is 3.90. The molecule has 0 aliphatic carbocycles. The zero-order valence-corrected chi connectivity index (χ0v) is 10.1. The van der Waals surface area contributed by atoms with Gasteiger partial charge in [-0.2, -0.15) is 0 Å². The van der Waals surface area contributed by atoms with Crippen molar-refractivity contribution in [1.82, 2.24) is 0 Å². The molecular formula is C12H15BrO. The highest BCUT2D eigenvalue weighted by Crippen LogP contribution is 2.27. The van der Waals surface area contributed by atoms with Crippen molar-refractivity contribution in [1.29, 1.82) is 0 Å². The average molecular weight is 255 g/mol. The van der Waals surface area contributed by atoms with Gasteiger partial charge < -0.3 is 5.11 Å². The summed E-state index contributed by atoms with van der Waals surface area (Å²) in [6, 6.07) is 7.73. The standard InChI is InChI=1S/C12H15BrO/c1-8(2)9(3)12(14)10-5-4-6-11(13)7-10/h4-7,9,12,14H,1H2,2-3H3/t9-,12+/m0/s1. The largest absolute Gasteiger partial charge is 0.388 e. The summed E-state index contributed by atoms with van der Waals surface area (Å²) in [4.78, 5) is 0. The first-order valence-corrected chi connectivity index (χ1v) is 5.40. The molecule has 0 spiro atoms. The molecular weight excluding hydrogens is 240 g/mol. The number of benzene rings is 1. The molecule has 0 aliphatic heterocycles. The molecule has 0 saturated carbocycles. The molecule has 0 bridgehead atoms. The maximum absolute atomic E-state index is 10.0. The van der Waals surface area contributed by atoms with Gasteiger partial charge in [0.05, 0.1) is 6.10 Å². The van der Waals surface area contributed by atoms with Crippen LogP contribution < -0.4 is 0 Å². The monoisotopic (exact) mass is 254 g/mol. The Balaban J connectivity index is 2.89. The molecule has 0 unspecified atom stereocenters. The van der Waals surface area contributed by atoms with Gasteiger partial charge in [-0.1, -0.05) is 47.1 Å². The van der Waals surface area contributed by atoms with Crippen molar-refractivity contribution >= 4 is 15.9 Å². The molecule has 76 valence electrons. The summed E-state index contributed by atoms with van der Waals surface area (Å²) in [5.74, 6) is 0.0873. The van der Waals surface area contributed by atoms with Crippen LogP contribution in [0.25, 0.3) is 0 Å². The van der Waals surface area contributed by atoms with E-state index in [2.05, 4.69) is 22.5 Å². The third-order valence-corrected chi connectivity index (χ3v) is 2.93. The average Bonchev–Trinajstić information content (AvgIpc) is 2.15. The zero-order chi connectivity index (χ0) is 10.7. The molecule has 1 N–H and O–H groups in total. The first-order chi connectivity index (χ1) is 6.52. The van der Waals surface area contributed by atoms with E-state index in [-0.39, 0.29) is 5.92 Å². The van der Waals surface area contributed by atoms with Crippen LogP contribution in [0.15, 0.2) is 40.9 Å². The van der Waals surface area contributed by atoms with Crippen LogP contribution in [-0.2, 0) is 0 Å². The third kappa shape index (κ3) is 2.69. The molecule has 0 fully saturated rings. The second kappa shape index (κ2) is 4.76. The lowest BCUT2D eigenvalue weighted by Crippen LogP contribution is -2.09. The van der Waals surface area contributed by atoms with Crippen LogP contribution in [0.4, 0.5) is 0 Å². The summed E-state index contributed by atoms with van der Waals surface area (Å²) in [5.41, 5.74) is 1.92. The Hall–Kier alpha value is -0.600. The Morgan fingerprint density at radius 1 is 1.50 bits per heavy atom.